The van der Waals surface area contributed by atoms with E-state index in [2.05, 4.69) is 4.98 Å². The third kappa shape index (κ3) is 2.36. The van der Waals surface area contributed by atoms with Crippen LogP contribution in [0.3, 0.4) is 0 Å². The van der Waals surface area contributed by atoms with Crippen LogP contribution in [0.2, 0.25) is 0 Å². The summed E-state index contributed by atoms with van der Waals surface area (Å²) in [6.45, 7) is 1.95. The number of fused-ring (bicyclic) bond motifs is 1. The van der Waals surface area contributed by atoms with Gasteiger partial charge >= 0.3 is 0 Å². The Balaban J connectivity index is 2.25. The quantitative estimate of drug-likeness (QED) is 0.806. The molecule has 5 heteroatoms. The summed E-state index contributed by atoms with van der Waals surface area (Å²) < 4.78 is 5.38. The smallest absolute Gasteiger partial charge is 0.258 e. The first kappa shape index (κ1) is 13.6. The topological polar surface area (TPSA) is 65.2 Å². The van der Waals surface area contributed by atoms with Gasteiger partial charge in [-0.15, -0.1) is 11.3 Å². The van der Waals surface area contributed by atoms with Gasteiger partial charge in [-0.1, -0.05) is 6.07 Å². The van der Waals surface area contributed by atoms with E-state index < -0.39 is 5.91 Å². The number of hydrogen-bond acceptors (Lipinski definition) is 4. The van der Waals surface area contributed by atoms with E-state index in [9.17, 15) is 4.79 Å². The third-order valence-corrected chi connectivity index (χ3v) is 4.28. The first-order chi connectivity index (χ1) is 10.1. The second-order valence-corrected chi connectivity index (χ2v) is 5.64. The van der Waals surface area contributed by atoms with Crippen LogP contribution in [0.4, 0.5) is 0 Å². The summed E-state index contributed by atoms with van der Waals surface area (Å²) in [5, 5.41) is 2.93. The van der Waals surface area contributed by atoms with Gasteiger partial charge in [0.1, 0.15) is 11.3 Å². The zero-order valence-electron chi connectivity index (χ0n) is 11.7. The van der Waals surface area contributed by atoms with Crippen LogP contribution in [0.1, 0.15) is 15.4 Å². The van der Waals surface area contributed by atoms with Gasteiger partial charge in [0.25, 0.3) is 5.91 Å². The number of aromatic nitrogens is 1. The fourth-order valence-corrected chi connectivity index (χ4v) is 3.07. The van der Waals surface area contributed by atoms with E-state index in [0.29, 0.717) is 4.88 Å². The molecule has 0 aliphatic carbocycles. The van der Waals surface area contributed by atoms with Crippen molar-refractivity contribution in [2.75, 3.05) is 7.11 Å². The highest BCUT2D eigenvalue weighted by Gasteiger charge is 2.12. The fraction of sp³-hybridized carbons (Fsp3) is 0.125. The second-order valence-electron chi connectivity index (χ2n) is 4.73. The average molecular weight is 298 g/mol. The molecule has 0 saturated carbocycles. The van der Waals surface area contributed by atoms with Crippen LogP contribution in [0, 0.1) is 6.92 Å². The molecule has 0 atom stereocenters. The number of hydrogen-bond donors (Lipinski definition) is 1. The number of primary amides is 1. The Morgan fingerprint density at radius 3 is 2.76 bits per heavy atom. The molecule has 0 spiro atoms. The minimum Gasteiger partial charge on any atom is -0.494 e. The van der Waals surface area contributed by atoms with Crippen molar-refractivity contribution in [3.8, 4) is 16.9 Å². The van der Waals surface area contributed by atoms with Crippen molar-refractivity contribution in [2.45, 2.75) is 6.92 Å². The lowest BCUT2D eigenvalue weighted by Gasteiger charge is -2.09. The molecular formula is C16H14N2O2S. The molecule has 0 saturated heterocycles. The van der Waals surface area contributed by atoms with E-state index in [1.165, 1.54) is 11.3 Å². The zero-order chi connectivity index (χ0) is 15.0. The van der Waals surface area contributed by atoms with E-state index in [1.807, 2.05) is 42.6 Å². The first-order valence-electron chi connectivity index (χ1n) is 6.43. The number of ether oxygens (including phenoxy) is 1. The van der Waals surface area contributed by atoms with Crippen LogP contribution in [0.15, 0.2) is 35.7 Å². The molecular weight excluding hydrogens is 284 g/mol. The molecule has 2 N–H and O–H groups in total. The maximum Gasteiger partial charge on any atom is 0.258 e. The molecule has 1 amide bonds. The largest absolute Gasteiger partial charge is 0.494 e. The second kappa shape index (κ2) is 5.18. The van der Waals surface area contributed by atoms with Gasteiger partial charge in [0.05, 0.1) is 12.0 Å². The number of rotatable bonds is 3. The van der Waals surface area contributed by atoms with Gasteiger partial charge in [0.2, 0.25) is 0 Å². The molecule has 2 heterocycles. The predicted molar refractivity (Wildman–Crippen MR) is 84.9 cm³/mol. The number of nitrogens with zero attached hydrogens (tertiary/aromatic N) is 1. The molecule has 0 aliphatic rings. The number of pyridine rings is 1. The van der Waals surface area contributed by atoms with Crippen molar-refractivity contribution in [1.29, 1.82) is 0 Å². The van der Waals surface area contributed by atoms with E-state index in [4.69, 9.17) is 10.5 Å². The Hall–Kier alpha value is -2.40. The van der Waals surface area contributed by atoms with E-state index in [1.54, 1.807) is 7.11 Å². The van der Waals surface area contributed by atoms with E-state index in [-0.39, 0.29) is 0 Å². The summed E-state index contributed by atoms with van der Waals surface area (Å²) >= 11 is 1.35. The molecule has 0 bridgehead atoms. The number of thiophene rings is 1. The highest BCUT2D eigenvalue weighted by molar-refractivity contribution is 7.12. The predicted octanol–water partition coefficient (Wildman–Crippen LogP) is 3.38. The van der Waals surface area contributed by atoms with Crippen LogP contribution < -0.4 is 10.5 Å². The summed E-state index contributed by atoms with van der Waals surface area (Å²) in [6, 6.07) is 9.68. The van der Waals surface area contributed by atoms with Crippen LogP contribution >= 0.6 is 11.3 Å². The Labute approximate surface area is 126 Å². The van der Waals surface area contributed by atoms with Gasteiger partial charge in [-0.3, -0.25) is 4.79 Å². The molecule has 4 nitrogen and oxygen atoms in total. The summed E-state index contributed by atoms with van der Waals surface area (Å²) in [5.74, 6) is 0.334. The van der Waals surface area contributed by atoms with Crippen LogP contribution in [-0.2, 0) is 0 Å². The lowest BCUT2D eigenvalue weighted by molar-refractivity contribution is 0.100. The van der Waals surface area contributed by atoms with Gasteiger partial charge < -0.3 is 10.5 Å². The summed E-state index contributed by atoms with van der Waals surface area (Å²) in [5.41, 5.74) is 9.06. The fourth-order valence-electron chi connectivity index (χ4n) is 2.31. The SMILES string of the molecule is COc1ccc(-c2csc(C(N)=O)c2)c2ccc(C)nc12. The Bertz CT molecular complexity index is 839. The van der Waals surface area contributed by atoms with Crippen molar-refractivity contribution in [3.63, 3.8) is 0 Å². The first-order valence-corrected chi connectivity index (χ1v) is 7.31. The molecule has 3 aromatic rings. The number of carbonyl (C=O) groups excluding carboxylic acids is 1. The maximum absolute atomic E-state index is 11.3. The van der Waals surface area contributed by atoms with Gasteiger partial charge in [0.15, 0.2) is 0 Å². The maximum atomic E-state index is 11.3. The van der Waals surface area contributed by atoms with Gasteiger partial charge in [-0.2, -0.15) is 0 Å². The third-order valence-electron chi connectivity index (χ3n) is 3.33. The highest BCUT2D eigenvalue weighted by Crippen LogP contribution is 2.35. The molecule has 0 fully saturated rings. The molecule has 0 aliphatic heterocycles. The lowest BCUT2D eigenvalue weighted by atomic mass is 10.0. The molecule has 2 aromatic heterocycles. The van der Waals surface area contributed by atoms with Gasteiger partial charge in [0, 0.05) is 11.1 Å². The minimum atomic E-state index is -0.405. The Morgan fingerprint density at radius 2 is 2.10 bits per heavy atom. The van der Waals surface area contributed by atoms with Gasteiger partial charge in [-0.05, 0) is 47.7 Å². The summed E-state index contributed by atoms with van der Waals surface area (Å²) in [7, 11) is 1.63. The monoisotopic (exact) mass is 298 g/mol. The van der Waals surface area contributed by atoms with Crippen molar-refractivity contribution in [3.05, 3.63) is 46.3 Å². The standard InChI is InChI=1S/C16H14N2O2S/c1-9-3-4-12-11(5-6-13(20-2)15(12)18-9)10-7-14(16(17)19)21-8-10/h3-8H,1-2H3,(H2,17,19). The molecule has 21 heavy (non-hydrogen) atoms. The van der Waals surface area contributed by atoms with Crippen molar-refractivity contribution in [2.24, 2.45) is 5.73 Å². The Morgan fingerprint density at radius 1 is 1.29 bits per heavy atom. The Kier molecular flexibility index (Phi) is 3.35. The average Bonchev–Trinajstić information content (AvgIpc) is 2.95. The number of benzene rings is 1. The van der Waals surface area contributed by atoms with E-state index >= 15 is 0 Å². The zero-order valence-corrected chi connectivity index (χ0v) is 12.5. The van der Waals surface area contributed by atoms with Crippen LogP contribution in [-0.4, -0.2) is 18.0 Å². The van der Waals surface area contributed by atoms with Crippen molar-refractivity contribution in [1.82, 2.24) is 4.98 Å². The summed E-state index contributed by atoms with van der Waals surface area (Å²) in [6.07, 6.45) is 0. The normalized spacial score (nSPS) is 10.8. The van der Waals surface area contributed by atoms with Crippen LogP contribution in [0.25, 0.3) is 22.0 Å². The highest BCUT2D eigenvalue weighted by atomic mass is 32.1. The lowest BCUT2D eigenvalue weighted by Crippen LogP contribution is -2.08. The number of carbonyl (C=O) groups is 1. The molecule has 106 valence electrons. The number of amides is 1. The molecule has 0 radical (unpaired) electrons. The number of methoxy groups -OCH3 is 1. The molecule has 3 rings (SSSR count). The number of nitrogens with two attached hydrogens (primary N) is 1. The molecule has 0 unspecified atom stereocenters. The molecule has 1 aromatic carbocycles. The minimum absolute atomic E-state index is 0.405. The van der Waals surface area contributed by atoms with Crippen LogP contribution in [0.5, 0.6) is 5.75 Å². The summed E-state index contributed by atoms with van der Waals surface area (Å²) in [4.78, 5) is 16.4. The van der Waals surface area contributed by atoms with Gasteiger partial charge in [-0.25, -0.2) is 4.98 Å². The number of aryl methyl sites for hydroxylation is 1. The van der Waals surface area contributed by atoms with Crippen molar-refractivity contribution >= 4 is 28.1 Å². The van der Waals surface area contributed by atoms with E-state index in [0.717, 1.165) is 33.5 Å². The van der Waals surface area contributed by atoms with Crippen molar-refractivity contribution < 1.29 is 9.53 Å².